The van der Waals surface area contributed by atoms with Crippen LogP contribution in [-0.4, -0.2) is 22.1 Å². The SMILES string of the molecule is COc1ccnc(NCc2nc(C)c(C)s2)n1. The third-order valence-electron chi connectivity index (χ3n) is 2.31. The number of rotatable bonds is 4. The minimum Gasteiger partial charge on any atom is -0.481 e. The predicted molar refractivity (Wildman–Crippen MR) is 67.5 cm³/mol. The quantitative estimate of drug-likeness (QED) is 0.901. The van der Waals surface area contributed by atoms with E-state index < -0.39 is 0 Å². The zero-order valence-corrected chi connectivity index (χ0v) is 10.8. The second-order valence-corrected chi connectivity index (χ2v) is 4.81. The zero-order chi connectivity index (χ0) is 12.3. The predicted octanol–water partition coefficient (Wildman–Crippen LogP) is 2.17. The monoisotopic (exact) mass is 250 g/mol. The van der Waals surface area contributed by atoms with Gasteiger partial charge in [-0.05, 0) is 13.8 Å². The number of nitrogens with zero attached hydrogens (tertiary/aromatic N) is 3. The van der Waals surface area contributed by atoms with E-state index in [0.29, 0.717) is 18.4 Å². The van der Waals surface area contributed by atoms with Crippen LogP contribution < -0.4 is 10.1 Å². The van der Waals surface area contributed by atoms with Crippen LogP contribution >= 0.6 is 11.3 Å². The molecule has 0 atom stereocenters. The highest BCUT2D eigenvalue weighted by Gasteiger charge is 2.04. The summed E-state index contributed by atoms with van der Waals surface area (Å²) in [6.07, 6.45) is 1.66. The summed E-state index contributed by atoms with van der Waals surface area (Å²) in [7, 11) is 1.58. The third kappa shape index (κ3) is 2.91. The van der Waals surface area contributed by atoms with Gasteiger partial charge in [0.1, 0.15) is 5.01 Å². The summed E-state index contributed by atoms with van der Waals surface area (Å²) in [5, 5.41) is 4.16. The van der Waals surface area contributed by atoms with Crippen molar-refractivity contribution < 1.29 is 4.74 Å². The molecule has 6 heteroatoms. The number of hydrogen-bond donors (Lipinski definition) is 1. The van der Waals surface area contributed by atoms with E-state index >= 15 is 0 Å². The molecule has 0 bridgehead atoms. The van der Waals surface area contributed by atoms with Gasteiger partial charge in [-0.3, -0.25) is 0 Å². The number of aromatic nitrogens is 3. The Balaban J connectivity index is 2.01. The van der Waals surface area contributed by atoms with Crippen molar-refractivity contribution in [2.45, 2.75) is 20.4 Å². The van der Waals surface area contributed by atoms with E-state index in [1.54, 1.807) is 30.7 Å². The number of hydrogen-bond acceptors (Lipinski definition) is 6. The fraction of sp³-hybridized carbons (Fsp3) is 0.364. The van der Waals surface area contributed by atoms with Crippen molar-refractivity contribution in [3.63, 3.8) is 0 Å². The number of aryl methyl sites for hydroxylation is 2. The second kappa shape index (κ2) is 5.09. The Morgan fingerprint density at radius 1 is 1.35 bits per heavy atom. The summed E-state index contributed by atoms with van der Waals surface area (Å²) in [6.45, 7) is 4.71. The van der Waals surface area contributed by atoms with Crippen LogP contribution in [0.5, 0.6) is 5.88 Å². The smallest absolute Gasteiger partial charge is 0.226 e. The van der Waals surface area contributed by atoms with Crippen molar-refractivity contribution in [1.82, 2.24) is 15.0 Å². The lowest BCUT2D eigenvalue weighted by atomic mass is 10.4. The Labute approximate surface area is 104 Å². The minimum atomic E-state index is 0.550. The molecule has 0 aromatic carbocycles. The second-order valence-electron chi connectivity index (χ2n) is 3.53. The Kier molecular flexibility index (Phi) is 3.53. The highest BCUT2D eigenvalue weighted by atomic mass is 32.1. The molecule has 5 nitrogen and oxygen atoms in total. The van der Waals surface area contributed by atoms with Crippen molar-refractivity contribution in [1.29, 1.82) is 0 Å². The van der Waals surface area contributed by atoms with Gasteiger partial charge in [0.25, 0.3) is 0 Å². The van der Waals surface area contributed by atoms with Crippen LogP contribution in [0.1, 0.15) is 15.6 Å². The van der Waals surface area contributed by atoms with Crippen LogP contribution in [0.2, 0.25) is 0 Å². The maximum Gasteiger partial charge on any atom is 0.226 e. The average Bonchev–Trinajstić information content (AvgIpc) is 2.67. The first-order chi connectivity index (χ1) is 8.19. The molecule has 90 valence electrons. The van der Waals surface area contributed by atoms with Gasteiger partial charge in [0.05, 0.1) is 19.3 Å². The first kappa shape index (κ1) is 11.8. The normalized spacial score (nSPS) is 10.3. The summed E-state index contributed by atoms with van der Waals surface area (Å²) >= 11 is 1.68. The van der Waals surface area contributed by atoms with Crippen LogP contribution in [0.15, 0.2) is 12.3 Å². The molecular formula is C11H14N4OS. The summed E-state index contributed by atoms with van der Waals surface area (Å²) in [5.41, 5.74) is 1.08. The molecular weight excluding hydrogens is 236 g/mol. The largest absolute Gasteiger partial charge is 0.481 e. The molecule has 0 aliphatic carbocycles. The molecule has 0 spiro atoms. The molecule has 17 heavy (non-hydrogen) atoms. The Morgan fingerprint density at radius 3 is 2.82 bits per heavy atom. The molecule has 2 aromatic heterocycles. The van der Waals surface area contributed by atoms with E-state index in [4.69, 9.17) is 4.74 Å². The molecule has 0 saturated carbocycles. The van der Waals surface area contributed by atoms with Gasteiger partial charge >= 0.3 is 0 Å². The van der Waals surface area contributed by atoms with Gasteiger partial charge in [0, 0.05) is 17.1 Å². The van der Waals surface area contributed by atoms with Gasteiger partial charge in [0.2, 0.25) is 11.8 Å². The molecule has 1 N–H and O–H groups in total. The van der Waals surface area contributed by atoms with E-state index in [1.165, 1.54) is 4.88 Å². The van der Waals surface area contributed by atoms with Gasteiger partial charge in [-0.15, -0.1) is 11.3 Å². The molecule has 0 unspecified atom stereocenters. The van der Waals surface area contributed by atoms with Crippen LogP contribution in [0.25, 0.3) is 0 Å². The number of anilines is 1. The van der Waals surface area contributed by atoms with E-state index in [0.717, 1.165) is 10.7 Å². The first-order valence-electron chi connectivity index (χ1n) is 5.23. The fourth-order valence-electron chi connectivity index (χ4n) is 1.31. The van der Waals surface area contributed by atoms with E-state index in [2.05, 4.69) is 27.2 Å². The molecule has 2 heterocycles. The number of nitrogens with one attached hydrogen (secondary N) is 1. The number of ether oxygens (including phenoxy) is 1. The minimum absolute atomic E-state index is 0.550. The molecule has 0 saturated heterocycles. The molecule has 0 fully saturated rings. The lowest BCUT2D eigenvalue weighted by molar-refractivity contribution is 0.397. The van der Waals surface area contributed by atoms with E-state index in [1.807, 2.05) is 6.92 Å². The first-order valence-corrected chi connectivity index (χ1v) is 6.04. The summed E-state index contributed by atoms with van der Waals surface area (Å²) < 4.78 is 5.03. The van der Waals surface area contributed by atoms with Gasteiger partial charge < -0.3 is 10.1 Å². The molecule has 2 aromatic rings. The summed E-state index contributed by atoms with van der Waals surface area (Å²) in [5.74, 6) is 1.10. The zero-order valence-electron chi connectivity index (χ0n) is 10.0. The number of methoxy groups -OCH3 is 1. The molecule has 0 amide bonds. The van der Waals surface area contributed by atoms with Gasteiger partial charge in [-0.1, -0.05) is 0 Å². The van der Waals surface area contributed by atoms with Crippen molar-refractivity contribution in [3.05, 3.63) is 27.8 Å². The fourth-order valence-corrected chi connectivity index (χ4v) is 2.18. The lowest BCUT2D eigenvalue weighted by Gasteiger charge is -2.03. The van der Waals surface area contributed by atoms with Gasteiger partial charge in [0.15, 0.2) is 0 Å². The maximum absolute atomic E-state index is 5.03. The Bertz CT molecular complexity index is 492. The molecule has 0 aliphatic heterocycles. The Hall–Kier alpha value is -1.69. The van der Waals surface area contributed by atoms with Crippen molar-refractivity contribution in [3.8, 4) is 5.88 Å². The lowest BCUT2D eigenvalue weighted by Crippen LogP contribution is -2.03. The van der Waals surface area contributed by atoms with Gasteiger partial charge in [-0.2, -0.15) is 4.98 Å². The van der Waals surface area contributed by atoms with E-state index in [9.17, 15) is 0 Å². The van der Waals surface area contributed by atoms with Crippen molar-refractivity contribution in [2.24, 2.45) is 0 Å². The van der Waals surface area contributed by atoms with Crippen LogP contribution in [0, 0.1) is 13.8 Å². The van der Waals surface area contributed by atoms with Gasteiger partial charge in [-0.25, -0.2) is 9.97 Å². The van der Waals surface area contributed by atoms with Crippen LogP contribution in [0.3, 0.4) is 0 Å². The molecule has 2 rings (SSSR count). The Morgan fingerprint density at radius 2 is 2.18 bits per heavy atom. The van der Waals surface area contributed by atoms with E-state index in [-0.39, 0.29) is 0 Å². The van der Waals surface area contributed by atoms with Crippen molar-refractivity contribution >= 4 is 17.3 Å². The average molecular weight is 250 g/mol. The number of thiazole rings is 1. The highest BCUT2D eigenvalue weighted by molar-refractivity contribution is 7.11. The maximum atomic E-state index is 5.03. The van der Waals surface area contributed by atoms with Crippen LogP contribution in [-0.2, 0) is 6.54 Å². The van der Waals surface area contributed by atoms with Crippen molar-refractivity contribution in [2.75, 3.05) is 12.4 Å². The highest BCUT2D eigenvalue weighted by Crippen LogP contribution is 2.17. The standard InChI is InChI=1S/C11H14N4OS/c1-7-8(2)17-10(14-7)6-13-11-12-5-4-9(15-11)16-3/h4-5H,6H2,1-3H3,(H,12,13,15). The molecule has 0 aliphatic rings. The van der Waals surface area contributed by atoms with Crippen LogP contribution in [0.4, 0.5) is 5.95 Å². The summed E-state index contributed by atoms with van der Waals surface area (Å²) in [4.78, 5) is 14.0. The summed E-state index contributed by atoms with van der Waals surface area (Å²) in [6, 6.07) is 1.71. The molecule has 0 radical (unpaired) electrons. The topological polar surface area (TPSA) is 59.9 Å². The third-order valence-corrected chi connectivity index (χ3v) is 3.38.